The van der Waals surface area contributed by atoms with E-state index in [0.717, 1.165) is 11.8 Å². The number of fused-ring (bicyclic) bond motifs is 1. The van der Waals surface area contributed by atoms with E-state index < -0.39 is 0 Å². The molecule has 1 nitrogen and oxygen atoms in total. The Bertz CT molecular complexity index is 443. The van der Waals surface area contributed by atoms with Crippen molar-refractivity contribution < 1.29 is 0 Å². The van der Waals surface area contributed by atoms with E-state index in [2.05, 4.69) is 64.3 Å². The maximum Gasteiger partial charge on any atom is 0.00726 e. The number of hydrogen-bond donors (Lipinski definition) is 1. The lowest BCUT2D eigenvalue weighted by atomic mass is 9.75. The first-order valence-electron chi connectivity index (χ1n) is 8.67. The van der Waals surface area contributed by atoms with Crippen LogP contribution < -0.4 is 5.32 Å². The van der Waals surface area contributed by atoms with Crippen LogP contribution in [0.3, 0.4) is 0 Å². The summed E-state index contributed by atoms with van der Waals surface area (Å²) in [5.74, 6) is 1.49. The van der Waals surface area contributed by atoms with Gasteiger partial charge in [0.2, 0.25) is 0 Å². The quantitative estimate of drug-likeness (QED) is 0.789. The molecule has 0 heterocycles. The summed E-state index contributed by atoms with van der Waals surface area (Å²) >= 11 is 0. The van der Waals surface area contributed by atoms with Gasteiger partial charge in [0, 0.05) is 6.04 Å². The lowest BCUT2D eigenvalue weighted by molar-refractivity contribution is 0.217. The third-order valence-electron chi connectivity index (χ3n) is 5.59. The molecule has 0 saturated carbocycles. The second-order valence-corrected chi connectivity index (χ2v) is 8.01. The zero-order valence-electron chi connectivity index (χ0n) is 14.6. The Morgan fingerprint density at radius 1 is 1.24 bits per heavy atom. The molecular formula is C20H33N. The Labute approximate surface area is 131 Å². The van der Waals surface area contributed by atoms with Crippen molar-refractivity contribution in [2.24, 2.45) is 11.3 Å². The Kier molecular flexibility index (Phi) is 5.48. The van der Waals surface area contributed by atoms with Crippen LogP contribution >= 0.6 is 0 Å². The summed E-state index contributed by atoms with van der Waals surface area (Å²) in [6.07, 6.45) is 6.55. The SMILES string of the molecule is CNC(CC1CCCc2ccccc21)CC(C)C(C)(C)C. The lowest BCUT2D eigenvalue weighted by Crippen LogP contribution is -2.33. The van der Waals surface area contributed by atoms with E-state index in [1.165, 1.54) is 32.1 Å². The molecule has 1 aromatic rings. The fourth-order valence-corrected chi connectivity index (χ4v) is 3.56. The van der Waals surface area contributed by atoms with Crippen LogP contribution in [0, 0.1) is 11.3 Å². The molecule has 1 aliphatic rings. The minimum absolute atomic E-state index is 0.402. The number of nitrogens with one attached hydrogen (secondary N) is 1. The van der Waals surface area contributed by atoms with Gasteiger partial charge in [-0.1, -0.05) is 52.0 Å². The molecule has 0 bridgehead atoms. The number of benzene rings is 1. The van der Waals surface area contributed by atoms with E-state index >= 15 is 0 Å². The third-order valence-corrected chi connectivity index (χ3v) is 5.59. The van der Waals surface area contributed by atoms with Gasteiger partial charge in [-0.15, -0.1) is 0 Å². The smallest absolute Gasteiger partial charge is 0.00726 e. The van der Waals surface area contributed by atoms with Gasteiger partial charge in [-0.3, -0.25) is 0 Å². The first-order chi connectivity index (χ1) is 9.91. The molecule has 0 amide bonds. The van der Waals surface area contributed by atoms with Gasteiger partial charge < -0.3 is 5.32 Å². The van der Waals surface area contributed by atoms with E-state index in [0.29, 0.717) is 11.5 Å². The van der Waals surface area contributed by atoms with Crippen LogP contribution in [-0.4, -0.2) is 13.1 Å². The lowest BCUT2D eigenvalue weighted by Gasteiger charge is -2.33. The maximum absolute atomic E-state index is 3.58. The minimum atomic E-state index is 0.402. The molecule has 1 N–H and O–H groups in total. The van der Waals surface area contributed by atoms with E-state index in [4.69, 9.17) is 0 Å². The highest BCUT2D eigenvalue weighted by molar-refractivity contribution is 5.32. The van der Waals surface area contributed by atoms with Crippen molar-refractivity contribution in [2.45, 2.75) is 71.8 Å². The third kappa shape index (κ3) is 4.32. The van der Waals surface area contributed by atoms with Crippen molar-refractivity contribution in [3.05, 3.63) is 35.4 Å². The molecule has 1 aliphatic carbocycles. The first kappa shape index (κ1) is 16.5. The van der Waals surface area contributed by atoms with Crippen molar-refractivity contribution in [1.82, 2.24) is 5.32 Å². The zero-order chi connectivity index (χ0) is 15.5. The summed E-state index contributed by atoms with van der Waals surface area (Å²) < 4.78 is 0. The van der Waals surface area contributed by atoms with Crippen molar-refractivity contribution in [2.75, 3.05) is 7.05 Å². The Hall–Kier alpha value is -0.820. The van der Waals surface area contributed by atoms with Gasteiger partial charge in [-0.25, -0.2) is 0 Å². The van der Waals surface area contributed by atoms with Crippen molar-refractivity contribution in [1.29, 1.82) is 0 Å². The zero-order valence-corrected chi connectivity index (χ0v) is 14.6. The summed E-state index contributed by atoms with van der Waals surface area (Å²) in [5.41, 5.74) is 3.61. The second kappa shape index (κ2) is 6.96. The van der Waals surface area contributed by atoms with Crippen LogP contribution in [-0.2, 0) is 6.42 Å². The van der Waals surface area contributed by atoms with Gasteiger partial charge in [-0.05, 0) is 67.5 Å². The van der Waals surface area contributed by atoms with E-state index in [1.54, 1.807) is 11.1 Å². The fourth-order valence-electron chi connectivity index (χ4n) is 3.56. The summed E-state index contributed by atoms with van der Waals surface area (Å²) in [6, 6.07) is 9.73. The van der Waals surface area contributed by atoms with Crippen molar-refractivity contribution in [3.63, 3.8) is 0 Å². The van der Waals surface area contributed by atoms with E-state index in [9.17, 15) is 0 Å². The van der Waals surface area contributed by atoms with Gasteiger partial charge in [0.15, 0.2) is 0 Å². The molecule has 3 unspecified atom stereocenters. The summed E-state index contributed by atoms with van der Waals surface area (Å²) in [7, 11) is 2.13. The van der Waals surface area contributed by atoms with Gasteiger partial charge in [-0.2, -0.15) is 0 Å². The van der Waals surface area contributed by atoms with Gasteiger partial charge in [0.1, 0.15) is 0 Å². The van der Waals surface area contributed by atoms with Crippen LogP contribution in [0.1, 0.15) is 70.4 Å². The largest absolute Gasteiger partial charge is 0.317 e. The maximum atomic E-state index is 3.58. The van der Waals surface area contributed by atoms with Crippen LogP contribution in [0.25, 0.3) is 0 Å². The second-order valence-electron chi connectivity index (χ2n) is 8.01. The molecule has 0 fully saturated rings. The molecule has 0 spiro atoms. The van der Waals surface area contributed by atoms with Crippen molar-refractivity contribution in [3.8, 4) is 0 Å². The Morgan fingerprint density at radius 2 is 1.95 bits per heavy atom. The average molecular weight is 287 g/mol. The first-order valence-corrected chi connectivity index (χ1v) is 8.67. The average Bonchev–Trinajstić information content (AvgIpc) is 2.45. The predicted molar refractivity (Wildman–Crippen MR) is 92.8 cm³/mol. The van der Waals surface area contributed by atoms with Gasteiger partial charge in [0.25, 0.3) is 0 Å². The van der Waals surface area contributed by atoms with E-state index in [1.807, 2.05) is 0 Å². The standard InChI is InChI=1S/C20H33N/c1-15(20(2,3)4)13-18(21-5)14-17-11-8-10-16-9-6-7-12-19(16)17/h6-7,9,12,15,17-18,21H,8,10-11,13-14H2,1-5H3. The molecule has 1 aromatic carbocycles. The molecule has 0 aromatic heterocycles. The highest BCUT2D eigenvalue weighted by Gasteiger charge is 2.27. The van der Waals surface area contributed by atoms with Crippen LogP contribution in [0.5, 0.6) is 0 Å². The molecular weight excluding hydrogens is 254 g/mol. The molecule has 0 saturated heterocycles. The molecule has 0 aliphatic heterocycles. The molecule has 118 valence electrons. The summed E-state index contributed by atoms with van der Waals surface area (Å²) in [4.78, 5) is 0. The van der Waals surface area contributed by atoms with Gasteiger partial charge >= 0.3 is 0 Å². The Morgan fingerprint density at radius 3 is 2.62 bits per heavy atom. The molecule has 1 heteroatoms. The minimum Gasteiger partial charge on any atom is -0.317 e. The summed E-state index contributed by atoms with van der Waals surface area (Å²) in [5, 5.41) is 3.58. The van der Waals surface area contributed by atoms with Crippen LogP contribution in [0.4, 0.5) is 0 Å². The van der Waals surface area contributed by atoms with Crippen LogP contribution in [0.2, 0.25) is 0 Å². The number of hydrogen-bond acceptors (Lipinski definition) is 1. The monoisotopic (exact) mass is 287 g/mol. The predicted octanol–water partition coefficient (Wildman–Crippen LogP) is 5.16. The van der Waals surface area contributed by atoms with E-state index in [-0.39, 0.29) is 0 Å². The molecule has 21 heavy (non-hydrogen) atoms. The normalized spacial score (nSPS) is 21.7. The Balaban J connectivity index is 2.03. The number of aryl methyl sites for hydroxylation is 1. The highest BCUT2D eigenvalue weighted by atomic mass is 14.9. The molecule has 0 radical (unpaired) electrons. The molecule has 2 rings (SSSR count). The van der Waals surface area contributed by atoms with Crippen LogP contribution in [0.15, 0.2) is 24.3 Å². The number of rotatable bonds is 5. The topological polar surface area (TPSA) is 12.0 Å². The highest BCUT2D eigenvalue weighted by Crippen LogP contribution is 2.37. The van der Waals surface area contributed by atoms with Gasteiger partial charge in [0.05, 0.1) is 0 Å². The summed E-state index contributed by atoms with van der Waals surface area (Å²) in [6.45, 7) is 9.49. The fraction of sp³-hybridized carbons (Fsp3) is 0.700. The molecule has 3 atom stereocenters. The van der Waals surface area contributed by atoms with Crippen molar-refractivity contribution >= 4 is 0 Å².